The van der Waals surface area contributed by atoms with E-state index in [0.29, 0.717) is 5.92 Å². The SMILES string of the molecule is CCC(C)/C=C(/C)c1cc(Br)c(C)nc1C. The van der Waals surface area contributed by atoms with Crippen LogP contribution in [0.3, 0.4) is 0 Å². The zero-order chi connectivity index (χ0) is 12.3. The number of pyridine rings is 1. The van der Waals surface area contributed by atoms with E-state index < -0.39 is 0 Å². The second-order valence-corrected chi connectivity index (χ2v) is 5.28. The van der Waals surface area contributed by atoms with Crippen molar-refractivity contribution < 1.29 is 0 Å². The van der Waals surface area contributed by atoms with Crippen LogP contribution >= 0.6 is 15.9 Å². The lowest BCUT2D eigenvalue weighted by Gasteiger charge is -2.10. The van der Waals surface area contributed by atoms with E-state index in [-0.39, 0.29) is 0 Å². The highest BCUT2D eigenvalue weighted by molar-refractivity contribution is 9.10. The van der Waals surface area contributed by atoms with Gasteiger partial charge in [0.05, 0.1) is 5.69 Å². The largest absolute Gasteiger partial charge is 0.257 e. The monoisotopic (exact) mass is 281 g/mol. The topological polar surface area (TPSA) is 12.9 Å². The Kier molecular flexibility index (Phi) is 4.72. The van der Waals surface area contributed by atoms with Crippen molar-refractivity contribution in [1.82, 2.24) is 4.98 Å². The Morgan fingerprint density at radius 1 is 1.44 bits per heavy atom. The predicted octanol–water partition coefficient (Wildman–Crippen LogP) is 4.91. The van der Waals surface area contributed by atoms with Gasteiger partial charge in [-0.3, -0.25) is 4.98 Å². The molecular formula is C14H20BrN. The summed E-state index contributed by atoms with van der Waals surface area (Å²) in [6, 6.07) is 2.17. The molecule has 0 fully saturated rings. The normalized spacial score (nSPS) is 14.0. The number of rotatable bonds is 3. The molecular weight excluding hydrogens is 262 g/mol. The predicted molar refractivity (Wildman–Crippen MR) is 74.5 cm³/mol. The third-order valence-corrected chi connectivity index (χ3v) is 3.75. The first-order chi connectivity index (χ1) is 7.45. The van der Waals surface area contributed by atoms with Gasteiger partial charge in [-0.15, -0.1) is 0 Å². The maximum absolute atomic E-state index is 4.54. The molecule has 0 aliphatic carbocycles. The zero-order valence-electron chi connectivity index (χ0n) is 10.8. The molecule has 1 aromatic heterocycles. The summed E-state index contributed by atoms with van der Waals surface area (Å²) >= 11 is 3.54. The van der Waals surface area contributed by atoms with E-state index in [9.17, 15) is 0 Å². The fraction of sp³-hybridized carbons (Fsp3) is 0.500. The van der Waals surface area contributed by atoms with Gasteiger partial charge in [-0.05, 0) is 59.8 Å². The highest BCUT2D eigenvalue weighted by atomic mass is 79.9. The van der Waals surface area contributed by atoms with Crippen LogP contribution in [0.5, 0.6) is 0 Å². The Labute approximate surface area is 107 Å². The molecule has 1 unspecified atom stereocenters. The summed E-state index contributed by atoms with van der Waals surface area (Å²) in [5.74, 6) is 0.625. The molecule has 1 nitrogen and oxygen atoms in total. The third-order valence-electron chi connectivity index (χ3n) is 2.95. The molecule has 0 aliphatic heterocycles. The van der Waals surface area contributed by atoms with Crippen LogP contribution in [-0.2, 0) is 0 Å². The van der Waals surface area contributed by atoms with E-state index in [1.54, 1.807) is 0 Å². The lowest BCUT2D eigenvalue weighted by atomic mass is 9.99. The standard InChI is InChI=1S/C14H20BrN/c1-6-9(2)7-10(3)13-8-14(15)12(5)16-11(13)4/h7-9H,6H2,1-5H3/b10-7-. The fourth-order valence-corrected chi connectivity index (χ4v) is 2.05. The van der Waals surface area contributed by atoms with Crippen LogP contribution in [0.4, 0.5) is 0 Å². The maximum Gasteiger partial charge on any atom is 0.0518 e. The molecule has 1 atom stereocenters. The molecule has 0 radical (unpaired) electrons. The molecule has 1 aromatic rings. The van der Waals surface area contributed by atoms with Gasteiger partial charge in [0, 0.05) is 10.2 Å². The molecule has 0 spiro atoms. The molecule has 0 saturated heterocycles. The minimum atomic E-state index is 0.625. The Morgan fingerprint density at radius 3 is 2.62 bits per heavy atom. The average Bonchev–Trinajstić information content (AvgIpc) is 2.23. The van der Waals surface area contributed by atoms with E-state index in [1.807, 2.05) is 6.92 Å². The smallest absolute Gasteiger partial charge is 0.0518 e. The Bertz CT molecular complexity index is 407. The highest BCUT2D eigenvalue weighted by Crippen LogP contribution is 2.25. The van der Waals surface area contributed by atoms with Gasteiger partial charge in [-0.1, -0.05) is 26.3 Å². The Hall–Kier alpha value is -0.630. The molecule has 0 N–H and O–H groups in total. The molecule has 0 bridgehead atoms. The van der Waals surface area contributed by atoms with Crippen molar-refractivity contribution in [2.24, 2.45) is 5.92 Å². The first kappa shape index (κ1) is 13.4. The van der Waals surface area contributed by atoms with Gasteiger partial charge < -0.3 is 0 Å². The molecule has 0 aliphatic rings. The fourth-order valence-electron chi connectivity index (χ4n) is 1.73. The van der Waals surface area contributed by atoms with Crippen LogP contribution in [0.15, 0.2) is 16.6 Å². The van der Waals surface area contributed by atoms with Gasteiger partial charge in [-0.25, -0.2) is 0 Å². The van der Waals surface area contributed by atoms with Crippen molar-refractivity contribution in [3.63, 3.8) is 0 Å². The summed E-state index contributed by atoms with van der Waals surface area (Å²) in [4.78, 5) is 4.54. The lowest BCUT2D eigenvalue weighted by Crippen LogP contribution is -1.96. The first-order valence-corrected chi connectivity index (χ1v) is 6.57. The van der Waals surface area contributed by atoms with Crippen LogP contribution in [0.2, 0.25) is 0 Å². The van der Waals surface area contributed by atoms with Gasteiger partial charge >= 0.3 is 0 Å². The van der Waals surface area contributed by atoms with Crippen molar-refractivity contribution >= 4 is 21.5 Å². The van der Waals surface area contributed by atoms with E-state index in [1.165, 1.54) is 17.6 Å². The third kappa shape index (κ3) is 3.18. The van der Waals surface area contributed by atoms with Crippen molar-refractivity contribution in [3.05, 3.63) is 33.6 Å². The number of halogens is 1. The first-order valence-electron chi connectivity index (χ1n) is 5.78. The second kappa shape index (κ2) is 5.62. The Balaban J connectivity index is 3.13. The Morgan fingerprint density at radius 2 is 2.06 bits per heavy atom. The van der Waals surface area contributed by atoms with Crippen LogP contribution in [0, 0.1) is 19.8 Å². The van der Waals surface area contributed by atoms with E-state index in [2.05, 4.69) is 60.8 Å². The van der Waals surface area contributed by atoms with Crippen LogP contribution < -0.4 is 0 Å². The number of aryl methyl sites for hydroxylation is 2. The molecule has 88 valence electrons. The number of aromatic nitrogens is 1. The quantitative estimate of drug-likeness (QED) is 0.767. The molecule has 1 heterocycles. The number of allylic oxidation sites excluding steroid dienone is 2. The lowest BCUT2D eigenvalue weighted by molar-refractivity contribution is 0.699. The zero-order valence-corrected chi connectivity index (χ0v) is 12.4. The van der Waals surface area contributed by atoms with Gasteiger partial charge in [0.2, 0.25) is 0 Å². The molecule has 2 heteroatoms. The number of hydrogen-bond acceptors (Lipinski definition) is 1. The summed E-state index contributed by atoms with van der Waals surface area (Å²) in [5.41, 5.74) is 4.73. The summed E-state index contributed by atoms with van der Waals surface area (Å²) in [5, 5.41) is 0. The minimum absolute atomic E-state index is 0.625. The van der Waals surface area contributed by atoms with Crippen LogP contribution in [-0.4, -0.2) is 4.98 Å². The van der Waals surface area contributed by atoms with Gasteiger partial charge in [-0.2, -0.15) is 0 Å². The summed E-state index contributed by atoms with van der Waals surface area (Å²) < 4.78 is 1.09. The van der Waals surface area contributed by atoms with Crippen molar-refractivity contribution in [3.8, 4) is 0 Å². The van der Waals surface area contributed by atoms with Crippen LogP contribution in [0.1, 0.15) is 44.1 Å². The van der Waals surface area contributed by atoms with Gasteiger partial charge in [0.25, 0.3) is 0 Å². The van der Waals surface area contributed by atoms with Crippen molar-refractivity contribution in [2.75, 3.05) is 0 Å². The molecule has 16 heavy (non-hydrogen) atoms. The van der Waals surface area contributed by atoms with Gasteiger partial charge in [0.15, 0.2) is 0 Å². The van der Waals surface area contributed by atoms with Gasteiger partial charge in [0.1, 0.15) is 0 Å². The van der Waals surface area contributed by atoms with E-state index in [4.69, 9.17) is 0 Å². The highest BCUT2D eigenvalue weighted by Gasteiger charge is 2.06. The molecule has 0 amide bonds. The second-order valence-electron chi connectivity index (χ2n) is 4.42. The summed E-state index contributed by atoms with van der Waals surface area (Å²) in [7, 11) is 0. The molecule has 0 saturated carbocycles. The van der Waals surface area contributed by atoms with Crippen molar-refractivity contribution in [1.29, 1.82) is 0 Å². The summed E-state index contributed by atoms with van der Waals surface area (Å²) in [6.07, 6.45) is 3.50. The maximum atomic E-state index is 4.54. The van der Waals surface area contributed by atoms with E-state index in [0.717, 1.165) is 15.9 Å². The van der Waals surface area contributed by atoms with Crippen LogP contribution in [0.25, 0.3) is 5.57 Å². The number of hydrogen-bond donors (Lipinski definition) is 0. The van der Waals surface area contributed by atoms with Crippen molar-refractivity contribution in [2.45, 2.75) is 41.0 Å². The average molecular weight is 282 g/mol. The molecule has 1 rings (SSSR count). The summed E-state index contributed by atoms with van der Waals surface area (Å²) in [6.45, 7) is 10.7. The van der Waals surface area contributed by atoms with E-state index >= 15 is 0 Å². The molecule has 0 aromatic carbocycles. The minimum Gasteiger partial charge on any atom is -0.257 e. The number of nitrogens with zero attached hydrogens (tertiary/aromatic N) is 1.